The second kappa shape index (κ2) is 5.37. The molecule has 0 bridgehead atoms. The van der Waals surface area contributed by atoms with E-state index >= 15 is 0 Å². The summed E-state index contributed by atoms with van der Waals surface area (Å²) in [6, 6.07) is 0.366. The molecular formula is C12H20ClNO2. The molecule has 3 atom stereocenters. The Morgan fingerprint density at radius 1 is 1.44 bits per heavy atom. The Kier molecular flexibility index (Phi) is 4.09. The van der Waals surface area contributed by atoms with Crippen LogP contribution in [0.25, 0.3) is 0 Å². The predicted octanol–water partition coefficient (Wildman–Crippen LogP) is 2.03. The van der Waals surface area contributed by atoms with E-state index in [1.54, 1.807) is 6.92 Å². The summed E-state index contributed by atoms with van der Waals surface area (Å²) in [6.07, 6.45) is 4.79. The molecule has 1 aliphatic carbocycles. The maximum absolute atomic E-state index is 12.0. The van der Waals surface area contributed by atoms with Gasteiger partial charge in [0.25, 0.3) is 0 Å². The normalized spacial score (nSPS) is 32.8. The zero-order chi connectivity index (χ0) is 11.5. The lowest BCUT2D eigenvalue weighted by Gasteiger charge is -2.38. The molecule has 0 unspecified atom stereocenters. The van der Waals surface area contributed by atoms with Crippen LogP contribution in [0.2, 0.25) is 0 Å². The van der Waals surface area contributed by atoms with Gasteiger partial charge in [0.15, 0.2) is 0 Å². The first-order chi connectivity index (χ1) is 7.70. The third kappa shape index (κ3) is 2.51. The number of alkyl halides is 1. The Hall–Kier alpha value is -0.280. The first kappa shape index (κ1) is 12.2. The van der Waals surface area contributed by atoms with Crippen molar-refractivity contribution in [3.8, 4) is 0 Å². The summed E-state index contributed by atoms with van der Waals surface area (Å²) in [6.45, 7) is 3.93. The van der Waals surface area contributed by atoms with Crippen LogP contribution in [0.15, 0.2) is 0 Å². The van der Waals surface area contributed by atoms with Crippen molar-refractivity contribution in [3.63, 3.8) is 0 Å². The van der Waals surface area contributed by atoms with Crippen LogP contribution in [0.5, 0.6) is 0 Å². The molecule has 0 radical (unpaired) electrons. The second-order valence-electron chi connectivity index (χ2n) is 4.83. The number of halogens is 1. The highest BCUT2D eigenvalue weighted by Crippen LogP contribution is 2.31. The molecule has 1 heterocycles. The monoisotopic (exact) mass is 245 g/mol. The summed E-state index contributed by atoms with van der Waals surface area (Å²) in [7, 11) is 0. The topological polar surface area (TPSA) is 29.5 Å². The molecule has 0 N–H and O–H groups in total. The maximum Gasteiger partial charge on any atom is 0.240 e. The molecule has 1 amide bonds. The number of carbonyl (C=O) groups is 1. The average molecular weight is 246 g/mol. The largest absolute Gasteiger partial charge is 0.379 e. The third-order valence-corrected chi connectivity index (χ3v) is 3.89. The third-order valence-electron chi connectivity index (χ3n) is 3.70. The van der Waals surface area contributed by atoms with Crippen molar-refractivity contribution < 1.29 is 9.53 Å². The van der Waals surface area contributed by atoms with Crippen molar-refractivity contribution in [2.45, 2.75) is 44.0 Å². The number of fused-ring (bicyclic) bond motifs is 1. The van der Waals surface area contributed by atoms with Gasteiger partial charge in [0.05, 0.1) is 13.2 Å². The Morgan fingerprint density at radius 2 is 2.19 bits per heavy atom. The molecule has 2 rings (SSSR count). The highest BCUT2D eigenvalue weighted by Gasteiger charge is 2.35. The molecule has 1 saturated heterocycles. The van der Waals surface area contributed by atoms with Crippen molar-refractivity contribution >= 4 is 17.5 Å². The van der Waals surface area contributed by atoms with E-state index in [0.29, 0.717) is 25.1 Å². The van der Waals surface area contributed by atoms with Crippen LogP contribution in [-0.4, -0.2) is 42.0 Å². The van der Waals surface area contributed by atoms with Crippen molar-refractivity contribution in [1.82, 2.24) is 4.90 Å². The summed E-state index contributed by atoms with van der Waals surface area (Å²) in [4.78, 5) is 14.0. The lowest BCUT2D eigenvalue weighted by Crippen LogP contribution is -2.48. The molecule has 0 aromatic rings. The van der Waals surface area contributed by atoms with Gasteiger partial charge in [0.1, 0.15) is 5.38 Å². The quantitative estimate of drug-likeness (QED) is 0.662. The molecule has 2 fully saturated rings. The van der Waals surface area contributed by atoms with Crippen molar-refractivity contribution in [2.75, 3.05) is 19.8 Å². The number of hydrogen-bond donors (Lipinski definition) is 0. The van der Waals surface area contributed by atoms with Crippen LogP contribution >= 0.6 is 11.6 Å². The molecule has 0 aromatic heterocycles. The minimum Gasteiger partial charge on any atom is -0.379 e. The molecule has 1 saturated carbocycles. The number of amides is 1. The Labute approximate surface area is 102 Å². The van der Waals surface area contributed by atoms with E-state index in [1.807, 2.05) is 4.90 Å². The van der Waals surface area contributed by atoms with Gasteiger partial charge in [-0.25, -0.2) is 0 Å². The molecular weight excluding hydrogens is 226 g/mol. The van der Waals surface area contributed by atoms with Crippen molar-refractivity contribution in [1.29, 1.82) is 0 Å². The van der Waals surface area contributed by atoms with Crippen molar-refractivity contribution in [3.05, 3.63) is 0 Å². The summed E-state index contributed by atoms with van der Waals surface area (Å²) in [5.41, 5.74) is 0. The van der Waals surface area contributed by atoms with Crippen LogP contribution in [0.1, 0.15) is 32.6 Å². The van der Waals surface area contributed by atoms with Gasteiger partial charge >= 0.3 is 0 Å². The zero-order valence-electron chi connectivity index (χ0n) is 9.82. The van der Waals surface area contributed by atoms with Crippen LogP contribution < -0.4 is 0 Å². The Morgan fingerprint density at radius 3 is 2.94 bits per heavy atom. The molecule has 16 heavy (non-hydrogen) atoms. The summed E-state index contributed by atoms with van der Waals surface area (Å²) in [5.74, 6) is 0.597. The van der Waals surface area contributed by atoms with Gasteiger partial charge in [-0.15, -0.1) is 11.6 Å². The standard InChI is InChI=1S/C12H20ClNO2/c1-9(13)12(15)14-6-7-16-8-10-4-2-3-5-11(10)14/h9-11H,2-8H2,1H3/t9-,10+,11+/m0/s1. The molecule has 0 spiro atoms. The highest BCUT2D eigenvalue weighted by molar-refractivity contribution is 6.30. The van der Waals surface area contributed by atoms with Crippen LogP contribution in [0.4, 0.5) is 0 Å². The van der Waals surface area contributed by atoms with E-state index in [9.17, 15) is 4.79 Å². The molecule has 1 aliphatic heterocycles. The molecule has 92 valence electrons. The van der Waals surface area contributed by atoms with Gasteiger partial charge in [0.2, 0.25) is 5.91 Å². The minimum atomic E-state index is -0.416. The highest BCUT2D eigenvalue weighted by atomic mass is 35.5. The maximum atomic E-state index is 12.0. The fourth-order valence-electron chi connectivity index (χ4n) is 2.86. The van der Waals surface area contributed by atoms with Gasteiger partial charge in [0, 0.05) is 18.5 Å². The molecule has 2 aliphatic rings. The van der Waals surface area contributed by atoms with Gasteiger partial charge < -0.3 is 9.64 Å². The van der Waals surface area contributed by atoms with Crippen LogP contribution in [-0.2, 0) is 9.53 Å². The summed E-state index contributed by atoms with van der Waals surface area (Å²) in [5, 5.41) is -0.416. The fourth-order valence-corrected chi connectivity index (χ4v) is 2.98. The Balaban J connectivity index is 2.11. The number of nitrogens with zero attached hydrogens (tertiary/aromatic N) is 1. The molecule has 4 heteroatoms. The number of ether oxygens (including phenoxy) is 1. The van der Waals surface area contributed by atoms with E-state index in [0.717, 1.165) is 13.0 Å². The second-order valence-corrected chi connectivity index (χ2v) is 5.49. The number of hydrogen-bond acceptors (Lipinski definition) is 2. The summed E-state index contributed by atoms with van der Waals surface area (Å²) >= 11 is 5.91. The van der Waals surface area contributed by atoms with Gasteiger partial charge in [-0.1, -0.05) is 12.8 Å². The Bertz CT molecular complexity index is 257. The van der Waals surface area contributed by atoms with Crippen LogP contribution in [0, 0.1) is 5.92 Å². The van der Waals surface area contributed by atoms with Gasteiger partial charge in [-0.2, -0.15) is 0 Å². The summed E-state index contributed by atoms with van der Waals surface area (Å²) < 4.78 is 5.59. The molecule has 3 nitrogen and oxygen atoms in total. The van der Waals surface area contributed by atoms with E-state index in [2.05, 4.69) is 0 Å². The van der Waals surface area contributed by atoms with Crippen LogP contribution in [0.3, 0.4) is 0 Å². The lowest BCUT2D eigenvalue weighted by molar-refractivity contribution is -0.134. The van der Waals surface area contributed by atoms with Crippen molar-refractivity contribution in [2.24, 2.45) is 5.92 Å². The molecule has 0 aromatic carbocycles. The number of carbonyl (C=O) groups excluding carboxylic acids is 1. The predicted molar refractivity (Wildman–Crippen MR) is 63.6 cm³/mol. The van der Waals surface area contributed by atoms with Gasteiger partial charge in [-0.3, -0.25) is 4.79 Å². The lowest BCUT2D eigenvalue weighted by atomic mass is 9.84. The van der Waals surface area contributed by atoms with E-state index < -0.39 is 5.38 Å². The zero-order valence-corrected chi connectivity index (χ0v) is 10.6. The van der Waals surface area contributed by atoms with Gasteiger partial charge in [-0.05, 0) is 19.8 Å². The van der Waals surface area contributed by atoms with E-state index in [-0.39, 0.29) is 5.91 Å². The first-order valence-electron chi connectivity index (χ1n) is 6.22. The van der Waals surface area contributed by atoms with E-state index in [4.69, 9.17) is 16.3 Å². The fraction of sp³-hybridized carbons (Fsp3) is 0.917. The number of rotatable bonds is 1. The SMILES string of the molecule is C[C@H](Cl)C(=O)N1CCOC[C@H]2CCCC[C@H]21. The minimum absolute atomic E-state index is 0.0732. The smallest absolute Gasteiger partial charge is 0.240 e. The van der Waals surface area contributed by atoms with E-state index in [1.165, 1.54) is 19.3 Å². The average Bonchev–Trinajstić information content (AvgIpc) is 2.50. The first-order valence-corrected chi connectivity index (χ1v) is 6.66.